The molecule has 0 saturated heterocycles. The highest BCUT2D eigenvalue weighted by atomic mass is 35.5. The molecule has 1 aromatic carbocycles. The van der Waals surface area contributed by atoms with Gasteiger partial charge in [-0.3, -0.25) is 9.59 Å². The molecule has 1 N–H and O–H groups in total. The van der Waals surface area contributed by atoms with Crippen molar-refractivity contribution in [3.63, 3.8) is 0 Å². The van der Waals surface area contributed by atoms with E-state index >= 15 is 0 Å². The van der Waals surface area contributed by atoms with Gasteiger partial charge in [0.05, 0.1) is 0 Å². The normalized spacial score (nSPS) is 13.9. The number of allylic oxidation sites excluding steroid dienone is 1. The summed E-state index contributed by atoms with van der Waals surface area (Å²) in [6, 6.07) is 14.9. The van der Waals surface area contributed by atoms with E-state index in [2.05, 4.69) is 11.4 Å². The van der Waals surface area contributed by atoms with E-state index in [4.69, 9.17) is 11.6 Å². The van der Waals surface area contributed by atoms with E-state index in [-0.39, 0.29) is 0 Å². The minimum atomic E-state index is -0.569. The predicted octanol–water partition coefficient (Wildman–Crippen LogP) is 5.45. The minimum Gasteiger partial charge on any atom is -0.349 e. The van der Waals surface area contributed by atoms with Crippen LogP contribution < -0.4 is 5.32 Å². The van der Waals surface area contributed by atoms with Crippen molar-refractivity contribution in [1.29, 1.82) is 0 Å². The Morgan fingerprint density at radius 2 is 1.90 bits per heavy atom. The van der Waals surface area contributed by atoms with Crippen molar-refractivity contribution in [1.82, 2.24) is 9.72 Å². The Bertz CT molecular complexity index is 1080. The Kier molecular flexibility index (Phi) is 5.81. The van der Waals surface area contributed by atoms with Gasteiger partial charge in [-0.05, 0) is 68.0 Å². The molecule has 2 heterocycles. The van der Waals surface area contributed by atoms with Gasteiger partial charge in [-0.1, -0.05) is 41.4 Å². The van der Waals surface area contributed by atoms with Crippen LogP contribution >= 0.6 is 11.6 Å². The first kappa shape index (κ1) is 19.5. The molecular formula is C24H23ClN2O2. The van der Waals surface area contributed by atoms with E-state index in [0.717, 1.165) is 35.9 Å². The second-order valence-electron chi connectivity index (χ2n) is 7.35. The highest BCUT2D eigenvalue weighted by molar-refractivity contribution is 6.43. The van der Waals surface area contributed by atoms with Gasteiger partial charge in [0.2, 0.25) is 0 Å². The van der Waals surface area contributed by atoms with Crippen molar-refractivity contribution in [2.75, 3.05) is 6.54 Å². The average molecular weight is 407 g/mol. The Morgan fingerprint density at radius 3 is 2.66 bits per heavy atom. The van der Waals surface area contributed by atoms with Gasteiger partial charge in [0, 0.05) is 28.8 Å². The topological polar surface area (TPSA) is 50.6 Å². The van der Waals surface area contributed by atoms with E-state index in [1.165, 1.54) is 18.4 Å². The first-order valence-corrected chi connectivity index (χ1v) is 10.4. The molecule has 0 unspecified atom stereocenters. The molecular weight excluding hydrogens is 384 g/mol. The fourth-order valence-electron chi connectivity index (χ4n) is 3.86. The molecule has 0 bridgehead atoms. The first-order valence-electron chi connectivity index (χ1n) is 10.00. The fraction of sp³-hybridized carbons (Fsp3) is 0.250. The number of Topliss-reactive ketones (excluding diaryl/α,β-unsaturated/α-hetero) is 1. The van der Waals surface area contributed by atoms with E-state index in [1.54, 1.807) is 16.5 Å². The number of benzene rings is 1. The maximum Gasteiger partial charge on any atom is 0.294 e. The molecule has 4 nitrogen and oxygen atoms in total. The Morgan fingerprint density at radius 1 is 1.07 bits per heavy atom. The Balaban J connectivity index is 1.59. The maximum atomic E-state index is 13.1. The molecule has 2 aromatic heterocycles. The number of aromatic nitrogens is 1. The van der Waals surface area contributed by atoms with Gasteiger partial charge < -0.3 is 9.72 Å². The lowest BCUT2D eigenvalue weighted by Gasteiger charge is -2.13. The van der Waals surface area contributed by atoms with Crippen LogP contribution in [0.15, 0.2) is 66.4 Å². The maximum absolute atomic E-state index is 13.1. The summed E-state index contributed by atoms with van der Waals surface area (Å²) in [7, 11) is 0. The van der Waals surface area contributed by atoms with Crippen molar-refractivity contribution in [3.05, 3.63) is 77.1 Å². The first-order chi connectivity index (χ1) is 14.1. The van der Waals surface area contributed by atoms with Crippen LogP contribution in [0, 0.1) is 0 Å². The van der Waals surface area contributed by atoms with Crippen LogP contribution in [0.4, 0.5) is 0 Å². The largest absolute Gasteiger partial charge is 0.349 e. The zero-order chi connectivity index (χ0) is 20.2. The van der Waals surface area contributed by atoms with Crippen molar-refractivity contribution in [3.8, 4) is 11.1 Å². The molecule has 1 aliphatic carbocycles. The number of pyridine rings is 1. The molecule has 0 saturated carbocycles. The van der Waals surface area contributed by atoms with E-state index in [1.807, 2.05) is 42.6 Å². The van der Waals surface area contributed by atoms with Gasteiger partial charge in [0.1, 0.15) is 5.69 Å². The summed E-state index contributed by atoms with van der Waals surface area (Å²) in [4.78, 5) is 25.7. The van der Waals surface area contributed by atoms with Crippen LogP contribution in [-0.2, 0) is 4.79 Å². The number of nitrogens with zero attached hydrogens (tertiary/aromatic N) is 1. The second kappa shape index (κ2) is 8.66. The molecule has 1 aliphatic rings. The third-order valence-electron chi connectivity index (χ3n) is 5.37. The number of ketones is 1. The third kappa shape index (κ3) is 4.28. The molecule has 1 amide bonds. The lowest BCUT2D eigenvalue weighted by Crippen LogP contribution is -2.33. The fourth-order valence-corrected chi connectivity index (χ4v) is 3.99. The monoisotopic (exact) mass is 406 g/mol. The lowest BCUT2D eigenvalue weighted by atomic mass is 9.97. The molecule has 0 radical (unpaired) electrons. The van der Waals surface area contributed by atoms with Crippen molar-refractivity contribution in [2.24, 2.45) is 0 Å². The summed E-state index contributed by atoms with van der Waals surface area (Å²) < 4.78 is 1.77. The number of carbonyl (C=O) groups excluding carboxylic acids is 2. The molecule has 0 spiro atoms. The Labute approximate surface area is 175 Å². The summed E-state index contributed by atoms with van der Waals surface area (Å²) in [5.41, 5.74) is 4.18. The summed E-state index contributed by atoms with van der Waals surface area (Å²) in [5, 5.41) is 3.43. The SMILES string of the molecule is O=C(NCCC1=CCCCC1)C(=O)c1c(-c2ccc(Cl)cc2)cc2ccccn12. The number of nitrogens with one attached hydrogen (secondary N) is 1. The third-order valence-corrected chi connectivity index (χ3v) is 5.62. The van der Waals surface area contributed by atoms with Crippen molar-refractivity contribution in [2.45, 2.75) is 32.1 Å². The van der Waals surface area contributed by atoms with Gasteiger partial charge in [0.25, 0.3) is 11.7 Å². The van der Waals surface area contributed by atoms with Crippen LogP contribution in [0.3, 0.4) is 0 Å². The van der Waals surface area contributed by atoms with Gasteiger partial charge in [0.15, 0.2) is 0 Å². The zero-order valence-corrected chi connectivity index (χ0v) is 16.9. The highest BCUT2D eigenvalue weighted by Crippen LogP contribution is 2.29. The van der Waals surface area contributed by atoms with Gasteiger partial charge in [-0.25, -0.2) is 0 Å². The van der Waals surface area contributed by atoms with Crippen LogP contribution in [0.25, 0.3) is 16.6 Å². The van der Waals surface area contributed by atoms with E-state index in [9.17, 15) is 9.59 Å². The molecule has 4 rings (SSSR count). The quantitative estimate of drug-likeness (QED) is 0.336. The molecule has 148 valence electrons. The van der Waals surface area contributed by atoms with Crippen molar-refractivity contribution >= 4 is 28.8 Å². The van der Waals surface area contributed by atoms with Gasteiger partial charge in [-0.2, -0.15) is 0 Å². The number of rotatable bonds is 6. The van der Waals surface area contributed by atoms with E-state index < -0.39 is 11.7 Å². The zero-order valence-electron chi connectivity index (χ0n) is 16.2. The summed E-state index contributed by atoms with van der Waals surface area (Å²) in [5.74, 6) is -1.10. The van der Waals surface area contributed by atoms with Crippen LogP contribution in [0.2, 0.25) is 5.02 Å². The molecule has 0 atom stereocenters. The van der Waals surface area contributed by atoms with E-state index in [0.29, 0.717) is 17.3 Å². The average Bonchev–Trinajstić information content (AvgIpc) is 3.14. The molecule has 3 aromatic rings. The van der Waals surface area contributed by atoms with Crippen molar-refractivity contribution < 1.29 is 9.59 Å². The number of halogens is 1. The number of fused-ring (bicyclic) bond motifs is 1. The van der Waals surface area contributed by atoms with Crippen LogP contribution in [0.5, 0.6) is 0 Å². The summed E-state index contributed by atoms with van der Waals surface area (Å²) in [6.07, 6.45) is 9.52. The Hall–Kier alpha value is -2.85. The lowest BCUT2D eigenvalue weighted by molar-refractivity contribution is -0.117. The summed E-state index contributed by atoms with van der Waals surface area (Å²) in [6.45, 7) is 0.482. The highest BCUT2D eigenvalue weighted by Gasteiger charge is 2.24. The molecule has 0 aliphatic heterocycles. The predicted molar refractivity (Wildman–Crippen MR) is 116 cm³/mol. The number of amides is 1. The van der Waals surface area contributed by atoms with Crippen LogP contribution in [-0.4, -0.2) is 22.6 Å². The number of hydrogen-bond acceptors (Lipinski definition) is 2. The molecule has 0 fully saturated rings. The molecule has 29 heavy (non-hydrogen) atoms. The van der Waals surface area contributed by atoms with Gasteiger partial charge in [-0.15, -0.1) is 0 Å². The van der Waals surface area contributed by atoms with Gasteiger partial charge >= 0.3 is 0 Å². The number of carbonyl (C=O) groups is 2. The van der Waals surface area contributed by atoms with Crippen LogP contribution in [0.1, 0.15) is 42.6 Å². The molecule has 5 heteroatoms. The smallest absolute Gasteiger partial charge is 0.294 e. The number of hydrogen-bond donors (Lipinski definition) is 1. The summed E-state index contributed by atoms with van der Waals surface area (Å²) >= 11 is 6.01. The second-order valence-corrected chi connectivity index (χ2v) is 7.79. The minimum absolute atomic E-state index is 0.373. The standard InChI is InChI=1S/C24H23ClN2O2/c25-19-11-9-18(10-12-19)21-16-20-8-4-5-15-27(20)22(21)23(28)24(29)26-14-13-17-6-2-1-3-7-17/h4-6,8-12,15-16H,1-3,7,13-14H2,(H,26,29).